The molecule has 0 spiro atoms. The van der Waals surface area contributed by atoms with E-state index in [1.165, 1.54) is 6.92 Å². The van der Waals surface area contributed by atoms with Gasteiger partial charge in [-0.1, -0.05) is 0 Å². The fourth-order valence-electron chi connectivity index (χ4n) is 0.136. The molecule has 0 aromatic carbocycles. The van der Waals surface area contributed by atoms with E-state index in [9.17, 15) is 0 Å². The summed E-state index contributed by atoms with van der Waals surface area (Å²) in [4.78, 5) is 15.9. The zero-order valence-electron chi connectivity index (χ0n) is 3.77. The quantitative estimate of drug-likeness (QED) is 0.346. The Bertz CT molecular complexity index is 39.0. The Morgan fingerprint density at radius 1 is 1.57 bits per heavy atom. The molecule has 0 aliphatic rings. The number of hydrogen-bond acceptors (Lipinski definition) is 4. The van der Waals surface area contributed by atoms with Crippen LogP contribution in [0.5, 0.6) is 0 Å². The lowest BCUT2D eigenvalue weighted by atomic mass is 10.8. The van der Waals surface area contributed by atoms with Crippen molar-refractivity contribution in [2.75, 3.05) is 0 Å². The molecule has 0 bridgehead atoms. The van der Waals surface area contributed by atoms with Gasteiger partial charge in [-0.15, -0.1) is 0 Å². The van der Waals surface area contributed by atoms with Gasteiger partial charge in [-0.25, -0.2) is 0 Å². The van der Waals surface area contributed by atoms with Crippen molar-refractivity contribution in [3.63, 3.8) is 0 Å². The van der Waals surface area contributed by atoms with Crippen LogP contribution in [0.4, 0.5) is 0 Å². The van der Waals surface area contributed by atoms with Gasteiger partial charge in [0.15, 0.2) is 6.29 Å². The molecule has 4 nitrogen and oxygen atoms in total. The second kappa shape index (κ2) is 3.29. The molecule has 0 saturated heterocycles. The van der Waals surface area contributed by atoms with Crippen LogP contribution in [0.2, 0.25) is 0 Å². The molecule has 0 heterocycles. The average molecular weight is 126 g/mol. The highest BCUT2D eigenvalue weighted by atomic mass is 31.2. The summed E-state index contributed by atoms with van der Waals surface area (Å²) in [6, 6.07) is 0. The Labute approximate surface area is 42.4 Å². The SMILES string of the molecule is CC(O)OP(O)O. The van der Waals surface area contributed by atoms with Crippen molar-refractivity contribution in [3.8, 4) is 0 Å². The molecule has 0 aromatic heterocycles. The summed E-state index contributed by atoms with van der Waals surface area (Å²) in [6.45, 7) is 1.29. The monoisotopic (exact) mass is 126 g/mol. The van der Waals surface area contributed by atoms with Crippen LogP contribution < -0.4 is 0 Å². The van der Waals surface area contributed by atoms with E-state index in [2.05, 4.69) is 4.52 Å². The maximum absolute atomic E-state index is 8.20. The molecule has 5 heteroatoms. The van der Waals surface area contributed by atoms with E-state index in [-0.39, 0.29) is 0 Å². The molecule has 0 radical (unpaired) electrons. The molecule has 1 unspecified atom stereocenters. The fourth-order valence-corrected chi connectivity index (χ4v) is 0.409. The Balaban J connectivity index is 2.95. The van der Waals surface area contributed by atoms with Gasteiger partial charge in [0.1, 0.15) is 0 Å². The lowest BCUT2D eigenvalue weighted by molar-refractivity contribution is -0.00842. The molecule has 0 aliphatic carbocycles. The first-order valence-corrected chi connectivity index (χ1v) is 2.82. The van der Waals surface area contributed by atoms with Gasteiger partial charge < -0.3 is 14.9 Å². The summed E-state index contributed by atoms with van der Waals surface area (Å²) < 4.78 is 3.98. The molecule has 0 amide bonds. The predicted molar refractivity (Wildman–Crippen MR) is 24.1 cm³/mol. The van der Waals surface area contributed by atoms with Crippen LogP contribution >= 0.6 is 8.60 Å². The van der Waals surface area contributed by atoms with Gasteiger partial charge >= 0.3 is 8.60 Å². The van der Waals surface area contributed by atoms with Crippen LogP contribution in [0, 0.1) is 0 Å². The third kappa shape index (κ3) is 6.27. The van der Waals surface area contributed by atoms with E-state index in [4.69, 9.17) is 14.9 Å². The molecular weight excluding hydrogens is 119 g/mol. The Morgan fingerprint density at radius 2 is 2.00 bits per heavy atom. The second-order valence-corrected chi connectivity index (χ2v) is 1.67. The first-order chi connectivity index (χ1) is 3.13. The number of aliphatic hydroxyl groups is 1. The summed E-state index contributed by atoms with van der Waals surface area (Å²) in [6.07, 6.45) is -1.10. The van der Waals surface area contributed by atoms with E-state index in [1.54, 1.807) is 0 Å². The van der Waals surface area contributed by atoms with Crippen LogP contribution in [-0.4, -0.2) is 21.2 Å². The standard InChI is InChI=1S/C2H7O4P/c1-2(3)6-7(4)5/h2-5H,1H3. The topological polar surface area (TPSA) is 69.9 Å². The smallest absolute Gasteiger partial charge is 0.329 e. The van der Waals surface area contributed by atoms with Gasteiger partial charge in [0.25, 0.3) is 0 Å². The zero-order chi connectivity index (χ0) is 5.86. The van der Waals surface area contributed by atoms with Crippen LogP contribution in [-0.2, 0) is 4.52 Å². The highest BCUT2D eigenvalue weighted by Gasteiger charge is 2.01. The maximum atomic E-state index is 8.20. The molecule has 0 saturated carbocycles. The summed E-state index contributed by atoms with van der Waals surface area (Å²) in [5, 5.41) is 8.20. The summed E-state index contributed by atoms with van der Waals surface area (Å²) >= 11 is 0. The van der Waals surface area contributed by atoms with Crippen LogP contribution in [0.15, 0.2) is 0 Å². The molecule has 0 rings (SSSR count). The summed E-state index contributed by atoms with van der Waals surface area (Å²) in [5.74, 6) is 0. The third-order valence-corrected chi connectivity index (χ3v) is 0.740. The van der Waals surface area contributed by atoms with Crippen molar-refractivity contribution in [3.05, 3.63) is 0 Å². The highest BCUT2D eigenvalue weighted by molar-refractivity contribution is 7.39. The maximum Gasteiger partial charge on any atom is 0.329 e. The first kappa shape index (κ1) is 7.27. The predicted octanol–water partition coefficient (Wildman–Crippen LogP) is -0.447. The van der Waals surface area contributed by atoms with Crippen molar-refractivity contribution in [2.24, 2.45) is 0 Å². The minimum absolute atomic E-state index is 1.10. The number of aliphatic hydroxyl groups excluding tert-OH is 1. The lowest BCUT2D eigenvalue weighted by Crippen LogP contribution is -2.00. The van der Waals surface area contributed by atoms with E-state index >= 15 is 0 Å². The van der Waals surface area contributed by atoms with Gasteiger partial charge in [-0.05, 0) is 6.92 Å². The molecule has 0 fully saturated rings. The molecule has 3 N–H and O–H groups in total. The highest BCUT2D eigenvalue weighted by Crippen LogP contribution is 2.25. The van der Waals surface area contributed by atoms with Crippen LogP contribution in [0.1, 0.15) is 6.92 Å². The summed E-state index contributed by atoms with van der Waals surface area (Å²) in [5.41, 5.74) is 0. The first-order valence-electron chi connectivity index (χ1n) is 1.65. The van der Waals surface area contributed by atoms with E-state index in [1.807, 2.05) is 0 Å². The van der Waals surface area contributed by atoms with E-state index in [0.717, 1.165) is 0 Å². The Kier molecular flexibility index (Phi) is 3.42. The van der Waals surface area contributed by atoms with Gasteiger partial charge in [-0.3, -0.25) is 4.52 Å². The molecule has 0 aliphatic heterocycles. The van der Waals surface area contributed by atoms with E-state index < -0.39 is 14.9 Å². The normalized spacial score (nSPS) is 15.0. The van der Waals surface area contributed by atoms with Crippen molar-refractivity contribution in [1.29, 1.82) is 0 Å². The average Bonchev–Trinajstić information content (AvgIpc) is 1.27. The van der Waals surface area contributed by atoms with Crippen molar-refractivity contribution < 1.29 is 19.4 Å². The van der Waals surface area contributed by atoms with E-state index in [0.29, 0.717) is 0 Å². The minimum atomic E-state index is -2.39. The molecule has 1 atom stereocenters. The fraction of sp³-hybridized carbons (Fsp3) is 1.00. The largest absolute Gasteiger partial charge is 0.368 e. The third-order valence-electron chi connectivity index (χ3n) is 0.247. The van der Waals surface area contributed by atoms with Gasteiger partial charge in [0.05, 0.1) is 0 Å². The number of hydrogen-bond donors (Lipinski definition) is 3. The van der Waals surface area contributed by atoms with Crippen LogP contribution in [0.25, 0.3) is 0 Å². The van der Waals surface area contributed by atoms with Crippen molar-refractivity contribution in [2.45, 2.75) is 13.2 Å². The van der Waals surface area contributed by atoms with Crippen molar-refractivity contribution in [1.82, 2.24) is 0 Å². The Hall–Kier alpha value is 0.270. The van der Waals surface area contributed by atoms with Gasteiger partial charge in [0.2, 0.25) is 0 Å². The Morgan fingerprint density at radius 3 is 2.00 bits per heavy atom. The zero-order valence-corrected chi connectivity index (χ0v) is 4.67. The minimum Gasteiger partial charge on any atom is -0.368 e. The molecule has 44 valence electrons. The van der Waals surface area contributed by atoms with Crippen LogP contribution in [0.3, 0.4) is 0 Å². The number of rotatable bonds is 2. The van der Waals surface area contributed by atoms with Gasteiger partial charge in [0, 0.05) is 0 Å². The lowest BCUT2D eigenvalue weighted by Gasteiger charge is -2.03. The molecular formula is C2H7O4P. The molecule has 7 heavy (non-hydrogen) atoms. The summed E-state index contributed by atoms with van der Waals surface area (Å²) in [7, 11) is -2.39. The van der Waals surface area contributed by atoms with Gasteiger partial charge in [-0.2, -0.15) is 0 Å². The molecule has 0 aromatic rings. The second-order valence-electron chi connectivity index (χ2n) is 0.957. The van der Waals surface area contributed by atoms with Crippen molar-refractivity contribution >= 4 is 8.60 Å².